The Bertz CT molecular complexity index is 1430. The fourth-order valence-corrected chi connectivity index (χ4v) is 6.01. The van der Waals surface area contributed by atoms with Gasteiger partial charge < -0.3 is 24.3 Å². The van der Waals surface area contributed by atoms with E-state index in [4.69, 9.17) is 23.8 Å². The van der Waals surface area contributed by atoms with Gasteiger partial charge in [-0.05, 0) is 45.7 Å². The van der Waals surface area contributed by atoms with Crippen LogP contribution < -0.4 is 5.32 Å². The number of fused-ring (bicyclic) bond motifs is 1. The standard InChI is InChI=1S/C31H36N4O9/c1-30(2,3)43-28(38)34-27-25-24(41-31(4,5)42-25)23(35(44-27)29(39)40-17-19-14-10-7-11-15-19)22-21(26(37)33(22)34)32-20(36)16-18-12-8-6-9-13-18/h6-15,21-25,27H,16-17H2,1-5H3,(H,32,36)/t21-,22-,23-,24+,25+,27+/m0/s1. The van der Waals surface area contributed by atoms with Crippen LogP contribution in [0.3, 0.4) is 0 Å². The first-order valence-corrected chi connectivity index (χ1v) is 14.5. The molecule has 5 heterocycles. The highest BCUT2D eigenvalue weighted by molar-refractivity contribution is 5.95. The lowest BCUT2D eigenvalue weighted by atomic mass is 9.85. The predicted octanol–water partition coefficient (Wildman–Crippen LogP) is 2.89. The van der Waals surface area contributed by atoms with E-state index in [9.17, 15) is 19.2 Å². The highest BCUT2D eigenvalue weighted by atomic mass is 16.8. The number of benzene rings is 2. The van der Waals surface area contributed by atoms with Gasteiger partial charge in [-0.15, -0.1) is 0 Å². The van der Waals surface area contributed by atoms with E-state index in [1.54, 1.807) is 46.8 Å². The summed E-state index contributed by atoms with van der Waals surface area (Å²) in [7, 11) is 0. The van der Waals surface area contributed by atoms with Crippen LogP contribution in [-0.2, 0) is 46.4 Å². The minimum absolute atomic E-state index is 0.0262. The van der Waals surface area contributed by atoms with E-state index in [1.807, 2.05) is 48.5 Å². The Kier molecular flexibility index (Phi) is 7.50. The van der Waals surface area contributed by atoms with E-state index in [-0.39, 0.29) is 13.0 Å². The molecule has 0 unspecified atom stereocenters. The van der Waals surface area contributed by atoms with Gasteiger partial charge in [-0.1, -0.05) is 60.7 Å². The molecule has 44 heavy (non-hydrogen) atoms. The van der Waals surface area contributed by atoms with Gasteiger partial charge in [0.2, 0.25) is 12.1 Å². The first-order chi connectivity index (χ1) is 20.8. The van der Waals surface area contributed by atoms with Crippen molar-refractivity contribution in [2.45, 2.75) is 95.6 Å². The molecule has 7 rings (SSSR count). The molecule has 234 valence electrons. The number of carbonyl (C=O) groups excluding carboxylic acids is 4. The molecule has 2 aromatic carbocycles. The van der Waals surface area contributed by atoms with Crippen LogP contribution in [0.15, 0.2) is 60.7 Å². The summed E-state index contributed by atoms with van der Waals surface area (Å²) in [6.45, 7) is 8.44. The largest absolute Gasteiger partial charge is 0.443 e. The smallest absolute Gasteiger partial charge is 0.434 e. The van der Waals surface area contributed by atoms with E-state index >= 15 is 0 Å². The van der Waals surface area contributed by atoms with Crippen LogP contribution >= 0.6 is 0 Å². The summed E-state index contributed by atoms with van der Waals surface area (Å²) in [5.41, 5.74) is 0.588. The monoisotopic (exact) mass is 608 g/mol. The van der Waals surface area contributed by atoms with E-state index in [0.717, 1.165) is 21.2 Å². The minimum Gasteiger partial charge on any atom is -0.443 e. The molecule has 0 saturated carbocycles. The van der Waals surface area contributed by atoms with Crippen molar-refractivity contribution in [2.24, 2.45) is 0 Å². The van der Waals surface area contributed by atoms with Crippen molar-refractivity contribution in [1.29, 1.82) is 0 Å². The molecule has 13 heteroatoms. The summed E-state index contributed by atoms with van der Waals surface area (Å²) in [4.78, 5) is 60.4. The third-order valence-electron chi connectivity index (χ3n) is 7.70. The second-order valence-corrected chi connectivity index (χ2v) is 12.6. The number of ether oxygens (including phenoxy) is 4. The molecule has 2 bridgehead atoms. The Morgan fingerprint density at radius 2 is 1.50 bits per heavy atom. The van der Waals surface area contributed by atoms with Gasteiger partial charge >= 0.3 is 12.2 Å². The molecule has 5 aliphatic rings. The summed E-state index contributed by atoms with van der Waals surface area (Å²) >= 11 is 0. The lowest BCUT2D eigenvalue weighted by Crippen LogP contribution is -2.79. The number of hydrogen-bond donors (Lipinski definition) is 1. The Morgan fingerprint density at radius 1 is 0.886 bits per heavy atom. The van der Waals surface area contributed by atoms with Gasteiger partial charge in [0.1, 0.15) is 42.5 Å². The maximum absolute atomic E-state index is 13.8. The number of hydrogen-bond acceptors (Lipinski definition) is 9. The van der Waals surface area contributed by atoms with Gasteiger partial charge in [0.05, 0.1) is 6.42 Å². The zero-order valence-corrected chi connectivity index (χ0v) is 25.2. The van der Waals surface area contributed by atoms with Crippen LogP contribution in [0, 0.1) is 0 Å². The molecular formula is C31H36N4O9. The SMILES string of the molecule is CC(C)(C)OC(=O)N1[C@@H]2ON(C(=O)OCc3ccccc3)[C@H]([C@H]3OC(C)(C)O[C@H]32)[C@@H]2[C@H](NC(=O)Cc3ccccc3)C(=O)N21. The Labute approximate surface area is 254 Å². The first-order valence-electron chi connectivity index (χ1n) is 14.5. The molecule has 5 aliphatic heterocycles. The fourth-order valence-electron chi connectivity index (χ4n) is 6.01. The van der Waals surface area contributed by atoms with Crippen molar-refractivity contribution < 1.29 is 43.0 Å². The van der Waals surface area contributed by atoms with Crippen LogP contribution in [-0.4, -0.2) is 87.0 Å². The summed E-state index contributed by atoms with van der Waals surface area (Å²) in [6, 6.07) is 15.1. The number of nitrogens with zero attached hydrogens (tertiary/aromatic N) is 3. The van der Waals surface area contributed by atoms with Crippen LogP contribution in [0.4, 0.5) is 9.59 Å². The van der Waals surface area contributed by atoms with Crippen molar-refractivity contribution >= 4 is 24.0 Å². The molecule has 0 radical (unpaired) electrons. The molecule has 0 aromatic heterocycles. The van der Waals surface area contributed by atoms with Gasteiger partial charge in [0, 0.05) is 0 Å². The predicted molar refractivity (Wildman–Crippen MR) is 152 cm³/mol. The van der Waals surface area contributed by atoms with Crippen molar-refractivity contribution in [3.05, 3.63) is 71.8 Å². The van der Waals surface area contributed by atoms with Crippen LogP contribution in [0.5, 0.6) is 0 Å². The zero-order chi connectivity index (χ0) is 31.4. The molecule has 13 nitrogen and oxygen atoms in total. The highest BCUT2D eigenvalue weighted by Gasteiger charge is 2.72. The Morgan fingerprint density at radius 3 is 2.14 bits per heavy atom. The molecule has 5 saturated heterocycles. The molecule has 1 N–H and O–H groups in total. The van der Waals surface area contributed by atoms with Gasteiger partial charge in [0.15, 0.2) is 5.79 Å². The third-order valence-corrected chi connectivity index (χ3v) is 7.70. The lowest BCUT2D eigenvalue weighted by molar-refractivity contribution is -0.290. The summed E-state index contributed by atoms with van der Waals surface area (Å²) in [5, 5.41) is 6.03. The highest BCUT2D eigenvalue weighted by Crippen LogP contribution is 2.48. The van der Waals surface area contributed by atoms with E-state index in [1.165, 1.54) is 5.01 Å². The average Bonchev–Trinajstić information content (AvgIpc) is 3.18. The number of hydrazine groups is 1. The van der Waals surface area contributed by atoms with Gasteiger partial charge in [-0.25, -0.2) is 19.4 Å². The number of β-lactam (4-membered cyclic amide) rings is 1. The van der Waals surface area contributed by atoms with Crippen molar-refractivity contribution in [3.8, 4) is 0 Å². The van der Waals surface area contributed by atoms with Crippen LogP contribution in [0.1, 0.15) is 45.7 Å². The average molecular weight is 609 g/mol. The summed E-state index contributed by atoms with van der Waals surface area (Å²) in [6.07, 6.45) is -4.79. The maximum atomic E-state index is 13.8. The minimum atomic E-state index is -1.33. The topological polar surface area (TPSA) is 136 Å². The molecule has 2 aromatic rings. The zero-order valence-electron chi connectivity index (χ0n) is 25.2. The number of rotatable bonds is 5. The third kappa shape index (κ3) is 5.58. The van der Waals surface area contributed by atoms with E-state index in [0.29, 0.717) is 0 Å². The second-order valence-electron chi connectivity index (χ2n) is 12.6. The van der Waals surface area contributed by atoms with Crippen molar-refractivity contribution in [2.75, 3.05) is 0 Å². The number of carbonyl (C=O) groups is 4. The van der Waals surface area contributed by atoms with Gasteiger partial charge in [0.25, 0.3) is 5.91 Å². The maximum Gasteiger partial charge on any atom is 0.434 e. The van der Waals surface area contributed by atoms with E-state index in [2.05, 4.69) is 5.32 Å². The van der Waals surface area contributed by atoms with Crippen LogP contribution in [0.25, 0.3) is 0 Å². The van der Waals surface area contributed by atoms with Crippen LogP contribution in [0.2, 0.25) is 0 Å². The Balaban J connectivity index is 1.35. The quantitative estimate of drug-likeness (QED) is 0.508. The van der Waals surface area contributed by atoms with Crippen molar-refractivity contribution in [3.63, 3.8) is 0 Å². The summed E-state index contributed by atoms with van der Waals surface area (Å²) < 4.78 is 23.8. The number of nitrogens with one attached hydrogen (secondary N) is 1. The normalized spacial score (nSPS) is 28.4. The van der Waals surface area contributed by atoms with E-state index < -0.39 is 72.0 Å². The lowest BCUT2D eigenvalue weighted by Gasteiger charge is -2.51. The fraction of sp³-hybridized carbons (Fsp3) is 0.484. The molecule has 0 spiro atoms. The number of amides is 4. The molecule has 5 fully saturated rings. The van der Waals surface area contributed by atoms with Gasteiger partial charge in [-0.2, -0.15) is 10.1 Å². The van der Waals surface area contributed by atoms with Gasteiger partial charge in [-0.3, -0.25) is 9.59 Å². The molecule has 0 aliphatic carbocycles. The molecular weight excluding hydrogens is 572 g/mol. The van der Waals surface area contributed by atoms with Crippen molar-refractivity contribution in [1.82, 2.24) is 20.4 Å². The first kappa shape index (κ1) is 29.9. The summed E-state index contributed by atoms with van der Waals surface area (Å²) in [5.74, 6) is -2.09. The second kappa shape index (κ2) is 11.1. The molecule has 4 amide bonds. The number of hydroxylamine groups is 2. The Hall–Kier alpha value is -4.20. The molecule has 6 atom stereocenters.